The molecule has 2 aromatic carbocycles. The zero-order valence-electron chi connectivity index (χ0n) is 10.9. The van der Waals surface area contributed by atoms with Gasteiger partial charge in [0.1, 0.15) is 12.7 Å². The molecule has 0 bridgehead atoms. The Morgan fingerprint density at radius 1 is 1.14 bits per heavy atom. The molecular weight excluding hydrogens is 333 g/mol. The number of rotatable bonds is 2. The van der Waals surface area contributed by atoms with E-state index in [1.54, 1.807) is 12.1 Å². The van der Waals surface area contributed by atoms with E-state index in [-0.39, 0.29) is 6.10 Å². The Balaban J connectivity index is 2.17. The average Bonchev–Trinajstić information content (AvgIpc) is 2.46. The Labute approximate surface area is 137 Å². The number of hydrogen-bond acceptors (Lipinski definition) is 3. The summed E-state index contributed by atoms with van der Waals surface area (Å²) >= 11 is 18.5. The van der Waals surface area contributed by atoms with Gasteiger partial charge in [0.2, 0.25) is 0 Å². The fourth-order valence-electron chi connectivity index (χ4n) is 2.25. The highest BCUT2D eigenvalue weighted by Gasteiger charge is 2.25. The minimum absolute atomic E-state index is 0.191. The highest BCUT2D eigenvalue weighted by Crippen LogP contribution is 2.46. The van der Waals surface area contributed by atoms with Crippen molar-refractivity contribution in [1.82, 2.24) is 0 Å². The van der Waals surface area contributed by atoms with E-state index in [0.29, 0.717) is 45.3 Å². The summed E-state index contributed by atoms with van der Waals surface area (Å²) in [6.45, 7) is 0.797. The van der Waals surface area contributed by atoms with Gasteiger partial charge >= 0.3 is 0 Å². The van der Waals surface area contributed by atoms with Crippen molar-refractivity contribution < 1.29 is 9.47 Å². The van der Waals surface area contributed by atoms with Crippen molar-refractivity contribution in [3.05, 3.63) is 45.4 Å². The van der Waals surface area contributed by atoms with Gasteiger partial charge in [-0.3, -0.25) is 0 Å². The fraction of sp³-hybridized carbons (Fsp3) is 0.200. The van der Waals surface area contributed by atoms with Gasteiger partial charge in [-0.25, -0.2) is 0 Å². The molecule has 21 heavy (non-hydrogen) atoms. The Bertz CT molecular complexity index is 668. The monoisotopic (exact) mass is 343 g/mol. The summed E-state index contributed by atoms with van der Waals surface area (Å²) in [5, 5.41) is 1.40. The summed E-state index contributed by atoms with van der Waals surface area (Å²) < 4.78 is 11.6. The van der Waals surface area contributed by atoms with Crippen molar-refractivity contribution >= 4 is 34.8 Å². The second-order valence-corrected chi connectivity index (χ2v) is 5.91. The van der Waals surface area contributed by atoms with Crippen molar-refractivity contribution in [2.75, 3.05) is 13.2 Å². The lowest BCUT2D eigenvalue weighted by Crippen LogP contribution is -2.35. The molecular formula is C15H12Cl3NO2. The molecule has 0 amide bonds. The van der Waals surface area contributed by atoms with Crippen LogP contribution in [0.5, 0.6) is 11.5 Å². The van der Waals surface area contributed by atoms with Crippen LogP contribution in [0.1, 0.15) is 0 Å². The molecule has 6 heteroatoms. The molecule has 0 radical (unpaired) electrons. The van der Waals surface area contributed by atoms with Gasteiger partial charge in [-0.15, -0.1) is 0 Å². The van der Waals surface area contributed by atoms with Gasteiger partial charge in [0.25, 0.3) is 0 Å². The van der Waals surface area contributed by atoms with Gasteiger partial charge in [0, 0.05) is 22.7 Å². The van der Waals surface area contributed by atoms with Crippen LogP contribution in [0, 0.1) is 0 Å². The third kappa shape index (κ3) is 2.79. The standard InChI is InChI=1S/C15H12Cl3NO2/c16-8-4-11(17)14(12(18)5-8)10-2-1-3-13-15(10)21-9(6-19)7-20-13/h1-5,9H,6-7,19H2/t9-/m0/s1. The topological polar surface area (TPSA) is 44.5 Å². The first-order valence-electron chi connectivity index (χ1n) is 6.37. The van der Waals surface area contributed by atoms with Crippen LogP contribution in [0.3, 0.4) is 0 Å². The summed E-state index contributed by atoms with van der Waals surface area (Å²) in [4.78, 5) is 0. The van der Waals surface area contributed by atoms with Crippen molar-refractivity contribution in [1.29, 1.82) is 0 Å². The SMILES string of the molecule is NC[C@H]1COc2cccc(-c3c(Cl)cc(Cl)cc3Cl)c2O1. The van der Waals surface area contributed by atoms with E-state index in [1.807, 2.05) is 18.2 Å². The van der Waals surface area contributed by atoms with Crippen LogP contribution < -0.4 is 15.2 Å². The van der Waals surface area contributed by atoms with Gasteiger partial charge in [-0.2, -0.15) is 0 Å². The molecule has 1 heterocycles. The van der Waals surface area contributed by atoms with E-state index in [4.69, 9.17) is 50.0 Å². The molecule has 3 nitrogen and oxygen atoms in total. The van der Waals surface area contributed by atoms with E-state index in [1.165, 1.54) is 0 Å². The van der Waals surface area contributed by atoms with Gasteiger partial charge in [0.15, 0.2) is 11.5 Å². The number of hydrogen-bond donors (Lipinski definition) is 1. The Hall–Kier alpha value is -1.13. The van der Waals surface area contributed by atoms with Gasteiger partial charge < -0.3 is 15.2 Å². The van der Waals surface area contributed by atoms with E-state index in [9.17, 15) is 0 Å². The molecule has 0 spiro atoms. The predicted octanol–water partition coefficient (Wildman–Crippen LogP) is 4.41. The Morgan fingerprint density at radius 2 is 1.86 bits per heavy atom. The molecule has 1 aliphatic heterocycles. The van der Waals surface area contributed by atoms with Crippen LogP contribution in [0.2, 0.25) is 15.1 Å². The second kappa shape index (κ2) is 5.93. The minimum atomic E-state index is -0.191. The second-order valence-electron chi connectivity index (χ2n) is 4.66. The highest BCUT2D eigenvalue weighted by atomic mass is 35.5. The van der Waals surface area contributed by atoms with Crippen LogP contribution in [-0.4, -0.2) is 19.3 Å². The van der Waals surface area contributed by atoms with Gasteiger partial charge in [0.05, 0.1) is 10.0 Å². The van der Waals surface area contributed by atoms with Crippen LogP contribution >= 0.6 is 34.8 Å². The van der Waals surface area contributed by atoms with Gasteiger partial charge in [-0.1, -0.05) is 46.9 Å². The first-order chi connectivity index (χ1) is 10.1. The Kier molecular flexibility index (Phi) is 4.18. The maximum Gasteiger partial charge on any atom is 0.169 e. The number of halogens is 3. The van der Waals surface area contributed by atoms with E-state index < -0.39 is 0 Å². The molecule has 3 rings (SSSR count). The smallest absolute Gasteiger partial charge is 0.169 e. The first kappa shape index (κ1) is 14.8. The molecule has 0 fully saturated rings. The van der Waals surface area contributed by atoms with Crippen molar-refractivity contribution in [2.24, 2.45) is 5.73 Å². The number of para-hydroxylation sites is 1. The lowest BCUT2D eigenvalue weighted by Gasteiger charge is -2.27. The maximum absolute atomic E-state index is 6.29. The summed E-state index contributed by atoms with van der Waals surface area (Å²) in [7, 11) is 0. The Morgan fingerprint density at radius 3 is 2.52 bits per heavy atom. The molecule has 1 aliphatic rings. The van der Waals surface area contributed by atoms with E-state index in [2.05, 4.69) is 0 Å². The predicted molar refractivity (Wildman–Crippen MR) is 85.9 cm³/mol. The molecule has 0 aromatic heterocycles. The lowest BCUT2D eigenvalue weighted by atomic mass is 10.0. The molecule has 2 N–H and O–H groups in total. The first-order valence-corrected chi connectivity index (χ1v) is 7.51. The van der Waals surface area contributed by atoms with Crippen molar-refractivity contribution in [3.8, 4) is 22.6 Å². The number of benzene rings is 2. The third-order valence-electron chi connectivity index (χ3n) is 3.23. The molecule has 1 atom stereocenters. The zero-order valence-corrected chi connectivity index (χ0v) is 13.2. The zero-order chi connectivity index (χ0) is 15.0. The molecule has 2 aromatic rings. The fourth-order valence-corrected chi connectivity index (χ4v) is 3.27. The van der Waals surface area contributed by atoms with Crippen LogP contribution in [0.25, 0.3) is 11.1 Å². The van der Waals surface area contributed by atoms with Crippen LogP contribution in [0.15, 0.2) is 30.3 Å². The largest absolute Gasteiger partial charge is 0.486 e. The molecule has 110 valence electrons. The minimum Gasteiger partial charge on any atom is -0.486 e. The third-order valence-corrected chi connectivity index (χ3v) is 4.04. The highest BCUT2D eigenvalue weighted by molar-refractivity contribution is 6.42. The summed E-state index contributed by atoms with van der Waals surface area (Å²) in [5.41, 5.74) is 7.08. The normalized spacial score (nSPS) is 16.9. The van der Waals surface area contributed by atoms with Gasteiger partial charge in [-0.05, 0) is 18.2 Å². The molecule has 0 aliphatic carbocycles. The molecule has 0 saturated carbocycles. The maximum atomic E-state index is 6.29. The van der Waals surface area contributed by atoms with Crippen molar-refractivity contribution in [2.45, 2.75) is 6.10 Å². The number of nitrogens with two attached hydrogens (primary N) is 1. The summed E-state index contributed by atoms with van der Waals surface area (Å²) in [6, 6.07) is 8.87. The number of fused-ring (bicyclic) bond motifs is 1. The quantitative estimate of drug-likeness (QED) is 0.877. The molecule has 0 saturated heterocycles. The summed E-state index contributed by atoms with van der Waals surface area (Å²) in [5.74, 6) is 1.25. The molecule has 0 unspecified atom stereocenters. The van der Waals surface area contributed by atoms with E-state index >= 15 is 0 Å². The van der Waals surface area contributed by atoms with Crippen LogP contribution in [-0.2, 0) is 0 Å². The lowest BCUT2D eigenvalue weighted by molar-refractivity contribution is 0.0976. The van der Waals surface area contributed by atoms with E-state index in [0.717, 1.165) is 5.56 Å². The average molecular weight is 345 g/mol. The van der Waals surface area contributed by atoms with Crippen molar-refractivity contribution in [3.63, 3.8) is 0 Å². The number of ether oxygens (including phenoxy) is 2. The van der Waals surface area contributed by atoms with Crippen LogP contribution in [0.4, 0.5) is 0 Å². The summed E-state index contributed by atoms with van der Waals surface area (Å²) in [6.07, 6.45) is -0.191.